The molecule has 2 heterocycles. The Balaban J connectivity index is 1.64. The fourth-order valence-electron chi connectivity index (χ4n) is 2.31. The van der Waals surface area contributed by atoms with E-state index >= 15 is 0 Å². The van der Waals surface area contributed by atoms with E-state index in [9.17, 15) is 0 Å². The molecule has 2 rings (SSSR count). The summed E-state index contributed by atoms with van der Waals surface area (Å²) < 4.78 is 2.08. The van der Waals surface area contributed by atoms with Gasteiger partial charge in [-0.3, -0.25) is 9.67 Å². The van der Waals surface area contributed by atoms with Gasteiger partial charge < -0.3 is 5.32 Å². The lowest BCUT2D eigenvalue weighted by Crippen LogP contribution is -2.22. The molecule has 1 aromatic heterocycles. The monoisotopic (exact) mass is 280 g/mol. The van der Waals surface area contributed by atoms with Crippen LogP contribution in [-0.4, -0.2) is 33.3 Å². The summed E-state index contributed by atoms with van der Waals surface area (Å²) in [6, 6.07) is 2.12. The van der Waals surface area contributed by atoms with Crippen LogP contribution in [0.4, 0.5) is 0 Å². The Hall–Kier alpha value is -0.970. The van der Waals surface area contributed by atoms with Gasteiger partial charge in [0.1, 0.15) is 0 Å². The van der Waals surface area contributed by atoms with Crippen LogP contribution in [0.15, 0.2) is 11.1 Å². The predicted octanol–water partition coefficient (Wildman–Crippen LogP) is 2.75. The normalized spacial score (nSPS) is 18.7. The standard InChI is InChI=1S/C14H24N4S/c1-4-6-13-10-16-14(19-13)15-7-5-8-18-12(3)9-11(2)17-18/h9,13H,4-8,10H2,1-3H3,(H,15,16). The molecule has 1 unspecified atom stereocenters. The summed E-state index contributed by atoms with van der Waals surface area (Å²) in [6.45, 7) is 9.32. The highest BCUT2D eigenvalue weighted by molar-refractivity contribution is 8.14. The van der Waals surface area contributed by atoms with E-state index in [1.807, 2.05) is 18.7 Å². The Morgan fingerprint density at radius 1 is 1.47 bits per heavy atom. The van der Waals surface area contributed by atoms with Crippen molar-refractivity contribution in [1.82, 2.24) is 15.1 Å². The second kappa shape index (κ2) is 6.98. The quantitative estimate of drug-likeness (QED) is 0.815. The minimum absolute atomic E-state index is 0.698. The maximum absolute atomic E-state index is 4.55. The average molecular weight is 280 g/mol. The van der Waals surface area contributed by atoms with Gasteiger partial charge in [0.25, 0.3) is 0 Å². The molecule has 1 aromatic rings. The van der Waals surface area contributed by atoms with Gasteiger partial charge in [0.2, 0.25) is 0 Å². The zero-order valence-electron chi connectivity index (χ0n) is 12.1. The zero-order chi connectivity index (χ0) is 13.7. The maximum atomic E-state index is 4.55. The molecule has 0 saturated carbocycles. The molecule has 0 spiro atoms. The van der Waals surface area contributed by atoms with Crippen molar-refractivity contribution < 1.29 is 0 Å². The van der Waals surface area contributed by atoms with Crippen LogP contribution in [-0.2, 0) is 6.54 Å². The first-order chi connectivity index (χ1) is 9.19. The number of amidine groups is 1. The van der Waals surface area contributed by atoms with Crippen LogP contribution < -0.4 is 5.32 Å². The molecule has 1 aliphatic rings. The van der Waals surface area contributed by atoms with Crippen molar-refractivity contribution in [3.63, 3.8) is 0 Å². The Morgan fingerprint density at radius 2 is 2.32 bits per heavy atom. The Kier molecular flexibility index (Phi) is 5.31. The molecule has 0 saturated heterocycles. The van der Waals surface area contributed by atoms with E-state index in [2.05, 4.69) is 40.0 Å². The molecule has 5 heteroatoms. The summed E-state index contributed by atoms with van der Waals surface area (Å²) in [4.78, 5) is 4.55. The summed E-state index contributed by atoms with van der Waals surface area (Å²) in [6.07, 6.45) is 3.60. The number of aryl methyl sites for hydroxylation is 3. The number of thioether (sulfide) groups is 1. The Bertz CT molecular complexity index is 439. The third-order valence-electron chi connectivity index (χ3n) is 3.25. The summed E-state index contributed by atoms with van der Waals surface area (Å²) in [7, 11) is 0. The van der Waals surface area contributed by atoms with Crippen molar-refractivity contribution in [2.75, 3.05) is 13.1 Å². The first-order valence-corrected chi connectivity index (χ1v) is 8.03. The topological polar surface area (TPSA) is 42.2 Å². The second-order valence-corrected chi connectivity index (χ2v) is 6.39. The lowest BCUT2D eigenvalue weighted by Gasteiger charge is -2.08. The highest BCUT2D eigenvalue weighted by Gasteiger charge is 2.17. The van der Waals surface area contributed by atoms with Gasteiger partial charge in [-0.05, 0) is 32.8 Å². The molecule has 0 bridgehead atoms. The minimum Gasteiger partial charge on any atom is -0.365 e. The van der Waals surface area contributed by atoms with Crippen LogP contribution in [0.1, 0.15) is 37.6 Å². The summed E-state index contributed by atoms with van der Waals surface area (Å²) in [5.41, 5.74) is 2.34. The third-order valence-corrected chi connectivity index (χ3v) is 4.47. The van der Waals surface area contributed by atoms with E-state index < -0.39 is 0 Å². The lowest BCUT2D eigenvalue weighted by atomic mass is 10.2. The van der Waals surface area contributed by atoms with Gasteiger partial charge >= 0.3 is 0 Å². The number of rotatable bonds is 6. The lowest BCUT2D eigenvalue weighted by molar-refractivity contribution is 0.558. The number of nitrogens with zero attached hydrogens (tertiary/aromatic N) is 3. The van der Waals surface area contributed by atoms with Gasteiger partial charge in [0.15, 0.2) is 5.17 Å². The molecule has 1 atom stereocenters. The van der Waals surface area contributed by atoms with Gasteiger partial charge in [-0.15, -0.1) is 0 Å². The molecule has 0 aromatic carbocycles. The number of aromatic nitrogens is 2. The number of hydrogen-bond donors (Lipinski definition) is 1. The minimum atomic E-state index is 0.698. The van der Waals surface area contributed by atoms with Crippen molar-refractivity contribution in [3.05, 3.63) is 17.5 Å². The third kappa shape index (κ3) is 4.27. The molecule has 4 nitrogen and oxygen atoms in total. The zero-order valence-corrected chi connectivity index (χ0v) is 13.0. The first-order valence-electron chi connectivity index (χ1n) is 7.15. The number of aliphatic imine (C=N–C) groups is 1. The highest BCUT2D eigenvalue weighted by atomic mass is 32.2. The van der Waals surface area contributed by atoms with Crippen LogP contribution >= 0.6 is 11.8 Å². The van der Waals surface area contributed by atoms with Gasteiger partial charge in [-0.1, -0.05) is 25.1 Å². The van der Waals surface area contributed by atoms with E-state index in [0.717, 1.165) is 36.9 Å². The summed E-state index contributed by atoms with van der Waals surface area (Å²) in [5, 5.41) is 9.74. The van der Waals surface area contributed by atoms with Crippen LogP contribution in [0.3, 0.4) is 0 Å². The van der Waals surface area contributed by atoms with Crippen molar-refractivity contribution in [1.29, 1.82) is 0 Å². The first kappa shape index (κ1) is 14.4. The van der Waals surface area contributed by atoms with Crippen LogP contribution in [0.5, 0.6) is 0 Å². The van der Waals surface area contributed by atoms with E-state index in [1.165, 1.54) is 18.5 Å². The second-order valence-electron chi connectivity index (χ2n) is 5.10. The molecule has 1 aliphatic heterocycles. The van der Waals surface area contributed by atoms with Gasteiger partial charge in [0.05, 0.1) is 12.2 Å². The van der Waals surface area contributed by atoms with Crippen LogP contribution in [0.2, 0.25) is 0 Å². The van der Waals surface area contributed by atoms with Gasteiger partial charge in [-0.2, -0.15) is 5.10 Å². The largest absolute Gasteiger partial charge is 0.365 e. The smallest absolute Gasteiger partial charge is 0.156 e. The van der Waals surface area contributed by atoms with Crippen LogP contribution in [0.25, 0.3) is 0 Å². The van der Waals surface area contributed by atoms with E-state index in [4.69, 9.17) is 0 Å². The maximum Gasteiger partial charge on any atom is 0.156 e. The molecular formula is C14H24N4S. The van der Waals surface area contributed by atoms with Gasteiger partial charge in [-0.25, -0.2) is 0 Å². The molecular weight excluding hydrogens is 256 g/mol. The molecule has 0 aliphatic carbocycles. The van der Waals surface area contributed by atoms with Crippen molar-refractivity contribution >= 4 is 16.9 Å². The number of hydrogen-bond acceptors (Lipinski definition) is 4. The Morgan fingerprint density at radius 3 is 3.00 bits per heavy atom. The predicted molar refractivity (Wildman–Crippen MR) is 82.9 cm³/mol. The molecule has 0 fully saturated rings. The van der Waals surface area contributed by atoms with Crippen molar-refractivity contribution in [3.8, 4) is 0 Å². The van der Waals surface area contributed by atoms with E-state index in [0.29, 0.717) is 5.25 Å². The van der Waals surface area contributed by atoms with Gasteiger partial charge in [0, 0.05) is 24.0 Å². The van der Waals surface area contributed by atoms with Crippen LogP contribution in [0, 0.1) is 13.8 Å². The highest BCUT2D eigenvalue weighted by Crippen LogP contribution is 2.23. The fourth-order valence-corrected chi connectivity index (χ4v) is 3.47. The summed E-state index contributed by atoms with van der Waals surface area (Å²) in [5.74, 6) is 0. The van der Waals surface area contributed by atoms with E-state index in [1.54, 1.807) is 0 Å². The van der Waals surface area contributed by atoms with Crippen molar-refractivity contribution in [2.45, 2.75) is 51.8 Å². The molecule has 0 amide bonds. The van der Waals surface area contributed by atoms with E-state index in [-0.39, 0.29) is 0 Å². The fraction of sp³-hybridized carbons (Fsp3) is 0.714. The SMILES string of the molecule is CCCC1CN=C(NCCCn2nc(C)cc2C)S1. The summed E-state index contributed by atoms with van der Waals surface area (Å²) >= 11 is 1.91. The number of nitrogens with one attached hydrogen (secondary N) is 1. The molecule has 0 radical (unpaired) electrons. The Labute approximate surface area is 120 Å². The van der Waals surface area contributed by atoms with Crippen molar-refractivity contribution in [2.24, 2.45) is 4.99 Å². The molecule has 1 N–H and O–H groups in total. The average Bonchev–Trinajstić information content (AvgIpc) is 2.93. The molecule has 106 valence electrons. The molecule has 19 heavy (non-hydrogen) atoms.